The zero-order chi connectivity index (χ0) is 27.3. The van der Waals surface area contributed by atoms with Crippen molar-refractivity contribution in [3.63, 3.8) is 0 Å². The van der Waals surface area contributed by atoms with Crippen LogP contribution in [-0.2, 0) is 0 Å². The number of nitrogen functional groups attached to an aromatic ring is 1. The van der Waals surface area contributed by atoms with Gasteiger partial charge >= 0.3 is 0 Å². The maximum absolute atomic E-state index is 14.7. The number of nitrogens with one attached hydrogen (secondary N) is 2. The van der Waals surface area contributed by atoms with Crippen molar-refractivity contribution in [1.82, 2.24) is 4.98 Å². The normalized spacial score (nSPS) is 12.4. The predicted molar refractivity (Wildman–Crippen MR) is 151 cm³/mol. The van der Waals surface area contributed by atoms with Crippen LogP contribution < -0.4 is 5.73 Å². The van der Waals surface area contributed by atoms with E-state index >= 15 is 0 Å². The molecule has 6 rings (SSSR count). The number of anilines is 1. The van der Waals surface area contributed by atoms with E-state index in [-0.39, 0.29) is 33.8 Å². The number of nitrogens with two attached hydrogens (primary N) is 1. The van der Waals surface area contributed by atoms with Crippen LogP contribution in [0.15, 0.2) is 84.9 Å². The zero-order valence-corrected chi connectivity index (χ0v) is 20.4. The van der Waals surface area contributed by atoms with E-state index in [4.69, 9.17) is 26.8 Å². The Morgan fingerprint density at radius 2 is 1.36 bits per heavy atom. The highest BCUT2D eigenvalue weighted by atomic mass is 19.1. The third-order valence-electron chi connectivity index (χ3n) is 6.88. The number of aromatic nitrogens is 1. The van der Waals surface area contributed by atoms with Crippen molar-refractivity contribution in [3.8, 4) is 39.6 Å². The van der Waals surface area contributed by atoms with Crippen LogP contribution in [0.1, 0.15) is 16.7 Å². The highest BCUT2D eigenvalue weighted by Crippen LogP contribution is 2.36. The number of rotatable bonds is 3. The van der Waals surface area contributed by atoms with E-state index in [2.05, 4.69) is 0 Å². The van der Waals surface area contributed by atoms with Gasteiger partial charge in [-0.1, -0.05) is 66.7 Å². The summed E-state index contributed by atoms with van der Waals surface area (Å²) in [6.07, 6.45) is 3.45. The van der Waals surface area contributed by atoms with Crippen LogP contribution in [0.3, 0.4) is 0 Å². The molecule has 0 amide bonds. The molecule has 0 bridgehead atoms. The van der Waals surface area contributed by atoms with E-state index in [1.807, 2.05) is 54.6 Å². The number of para-hydroxylation sites is 1. The second-order valence-electron chi connectivity index (χ2n) is 9.17. The quantitative estimate of drug-likeness (QED) is 0.220. The smallest absolute Gasteiger partial charge is 0.156 e. The number of nitrogens with zero attached hydrogens (tertiary/aromatic N) is 2. The molecule has 1 aromatic heterocycles. The van der Waals surface area contributed by atoms with Crippen LogP contribution in [0.25, 0.3) is 50.5 Å². The molecule has 1 aliphatic carbocycles. The number of halogens is 2. The summed E-state index contributed by atoms with van der Waals surface area (Å²) in [4.78, 5) is 4.88. The summed E-state index contributed by atoms with van der Waals surface area (Å²) in [5.74, 6) is -1.84. The minimum atomic E-state index is -0.940. The fourth-order valence-corrected chi connectivity index (χ4v) is 4.91. The lowest BCUT2D eigenvalue weighted by Crippen LogP contribution is -2.17. The molecule has 0 unspecified atom stereocenters. The van der Waals surface area contributed by atoms with E-state index in [0.29, 0.717) is 5.56 Å². The van der Waals surface area contributed by atoms with Gasteiger partial charge in [-0.15, -0.1) is 0 Å². The van der Waals surface area contributed by atoms with Crippen molar-refractivity contribution in [2.75, 3.05) is 5.73 Å². The van der Waals surface area contributed by atoms with Gasteiger partial charge in [0.1, 0.15) is 6.07 Å². The van der Waals surface area contributed by atoms with Crippen LogP contribution in [0.2, 0.25) is 0 Å². The highest BCUT2D eigenvalue weighted by Gasteiger charge is 2.23. The van der Waals surface area contributed by atoms with E-state index < -0.39 is 11.6 Å². The Bertz CT molecular complexity index is 1910. The van der Waals surface area contributed by atoms with Crippen LogP contribution in [0.5, 0.6) is 0 Å². The molecule has 5 nitrogen and oxygen atoms in total. The van der Waals surface area contributed by atoms with E-state index in [1.54, 1.807) is 36.4 Å². The third-order valence-corrected chi connectivity index (χ3v) is 6.88. The molecule has 0 fully saturated rings. The van der Waals surface area contributed by atoms with Gasteiger partial charge in [0, 0.05) is 22.1 Å². The zero-order valence-electron chi connectivity index (χ0n) is 20.4. The van der Waals surface area contributed by atoms with E-state index in [0.717, 1.165) is 44.9 Å². The van der Waals surface area contributed by atoms with Gasteiger partial charge in [-0.2, -0.15) is 5.26 Å². The molecule has 39 heavy (non-hydrogen) atoms. The average molecular weight is 512 g/mol. The maximum atomic E-state index is 14.7. The average Bonchev–Trinajstić information content (AvgIpc) is 2.97. The van der Waals surface area contributed by atoms with Crippen LogP contribution in [0.4, 0.5) is 14.5 Å². The largest absolute Gasteiger partial charge is 0.396 e. The topological polar surface area (TPSA) is 110 Å². The number of benzene rings is 4. The highest BCUT2D eigenvalue weighted by molar-refractivity contribution is 6.54. The van der Waals surface area contributed by atoms with E-state index in [9.17, 15) is 8.78 Å². The minimum Gasteiger partial charge on any atom is -0.396 e. The molecule has 1 heterocycles. The summed E-state index contributed by atoms with van der Waals surface area (Å²) >= 11 is 0. The molecule has 0 radical (unpaired) electrons. The van der Waals surface area contributed by atoms with Crippen LogP contribution >= 0.6 is 0 Å². The predicted octanol–water partition coefficient (Wildman–Crippen LogP) is 7.38. The van der Waals surface area contributed by atoms with Crippen LogP contribution in [0, 0.1) is 33.8 Å². The van der Waals surface area contributed by atoms with Crippen molar-refractivity contribution in [3.05, 3.63) is 113 Å². The Morgan fingerprint density at radius 3 is 2.03 bits per heavy atom. The van der Waals surface area contributed by atoms with E-state index in [1.165, 1.54) is 0 Å². The summed E-state index contributed by atoms with van der Waals surface area (Å²) in [5.41, 5.74) is 10.9. The molecule has 4 N–H and O–H groups in total. The monoisotopic (exact) mass is 511 g/mol. The summed E-state index contributed by atoms with van der Waals surface area (Å²) in [5, 5.41) is 26.6. The lowest BCUT2D eigenvalue weighted by atomic mass is 9.88. The van der Waals surface area contributed by atoms with Crippen molar-refractivity contribution in [2.45, 2.75) is 0 Å². The van der Waals surface area contributed by atoms with Crippen LogP contribution in [-0.4, -0.2) is 16.4 Å². The third kappa shape index (κ3) is 3.87. The molecule has 7 heteroatoms. The minimum absolute atomic E-state index is 0.158. The Morgan fingerprint density at radius 1 is 0.744 bits per heavy atom. The second-order valence-corrected chi connectivity index (χ2v) is 9.17. The first-order valence-electron chi connectivity index (χ1n) is 12.0. The van der Waals surface area contributed by atoms with Gasteiger partial charge in [0.25, 0.3) is 0 Å². The molecule has 0 aliphatic heterocycles. The summed E-state index contributed by atoms with van der Waals surface area (Å²) in [6, 6.07) is 24.8. The molecule has 0 saturated carbocycles. The SMILES string of the molecule is N#Cc1cc(N)c(F)c(-c2ccc(-c3ccc(-c4nc5ccccc5c5c4C=CC(=N)C5=N)cc3)cc2)c1F. The van der Waals surface area contributed by atoms with Gasteiger partial charge in [-0.25, -0.2) is 13.8 Å². The first kappa shape index (κ1) is 23.9. The summed E-state index contributed by atoms with van der Waals surface area (Å²) in [6.45, 7) is 0. The Balaban J connectivity index is 1.39. The number of pyridine rings is 1. The first-order valence-corrected chi connectivity index (χ1v) is 12.0. The second kappa shape index (κ2) is 9.12. The molecular formula is C32H19F2N5. The summed E-state index contributed by atoms with van der Waals surface area (Å²) < 4.78 is 29.4. The Labute approximate surface area is 222 Å². The molecule has 5 aromatic rings. The standard InChI is InChI=1S/C32H19F2N5/c33-29-21(16-35)15-25(37)30(34)27(29)19-9-5-17(6-10-19)18-7-11-20(12-8-18)32-23-13-14-24(36)31(38)28(23)22-3-1-2-4-26(22)39-32/h1-15,36,38H,37H2. The number of fused-ring (bicyclic) bond motifs is 3. The van der Waals surface area contributed by atoms with Crippen molar-refractivity contribution >= 4 is 34.1 Å². The lowest BCUT2D eigenvalue weighted by molar-refractivity contribution is 0.590. The van der Waals surface area contributed by atoms with Crippen molar-refractivity contribution < 1.29 is 8.78 Å². The molecule has 0 saturated heterocycles. The molecule has 4 aromatic carbocycles. The fraction of sp³-hybridized carbons (Fsp3) is 0. The lowest BCUT2D eigenvalue weighted by Gasteiger charge is -2.19. The van der Waals surface area contributed by atoms with Gasteiger partial charge in [0.15, 0.2) is 11.6 Å². The number of hydrogen-bond acceptors (Lipinski definition) is 5. The Hall–Kier alpha value is -5.48. The van der Waals surface area contributed by atoms with Gasteiger partial charge in [-0.3, -0.25) is 10.8 Å². The van der Waals surface area contributed by atoms with Gasteiger partial charge < -0.3 is 5.73 Å². The molecule has 1 aliphatic rings. The first-order chi connectivity index (χ1) is 18.9. The summed E-state index contributed by atoms with van der Waals surface area (Å²) in [7, 11) is 0. The van der Waals surface area contributed by atoms with Gasteiger partial charge in [-0.05, 0) is 41.0 Å². The van der Waals surface area contributed by atoms with Gasteiger partial charge in [0.2, 0.25) is 0 Å². The fourth-order valence-electron chi connectivity index (χ4n) is 4.91. The molecule has 186 valence electrons. The number of allylic oxidation sites excluding steroid dienone is 1. The maximum Gasteiger partial charge on any atom is 0.156 e. The number of hydrogen-bond donors (Lipinski definition) is 3. The van der Waals surface area contributed by atoms with Crippen molar-refractivity contribution in [2.24, 2.45) is 0 Å². The van der Waals surface area contributed by atoms with Crippen molar-refractivity contribution in [1.29, 1.82) is 16.1 Å². The molecule has 0 spiro atoms. The van der Waals surface area contributed by atoms with Gasteiger partial charge in [0.05, 0.1) is 39.4 Å². The molecule has 0 atom stereocenters. The number of nitriles is 1. The molecular weight excluding hydrogens is 492 g/mol. The Kier molecular flexibility index (Phi) is 5.59.